The van der Waals surface area contributed by atoms with E-state index in [9.17, 15) is 4.79 Å². The highest BCUT2D eigenvalue weighted by molar-refractivity contribution is 5.85. The molecule has 0 aliphatic heterocycles. The number of rotatable bonds is 5. The highest BCUT2D eigenvalue weighted by atomic mass is 35.5. The molecule has 1 fully saturated rings. The molecule has 0 bridgehead atoms. The number of carbonyl (C=O) groups is 1. The zero-order chi connectivity index (χ0) is 10.6. The predicted molar refractivity (Wildman–Crippen MR) is 63.2 cm³/mol. The summed E-state index contributed by atoms with van der Waals surface area (Å²) >= 11 is 0. The molecule has 4 heteroatoms. The van der Waals surface area contributed by atoms with Gasteiger partial charge in [-0.2, -0.15) is 0 Å². The molecular formula is C11H22ClNO2. The maximum atomic E-state index is 10.7. The van der Waals surface area contributed by atoms with Crippen molar-refractivity contribution in [3.05, 3.63) is 0 Å². The average molecular weight is 236 g/mol. The van der Waals surface area contributed by atoms with Crippen LogP contribution in [0.15, 0.2) is 0 Å². The van der Waals surface area contributed by atoms with E-state index >= 15 is 0 Å². The van der Waals surface area contributed by atoms with E-state index in [1.807, 2.05) is 0 Å². The molecule has 0 saturated heterocycles. The lowest BCUT2D eigenvalue weighted by Gasteiger charge is -2.25. The van der Waals surface area contributed by atoms with E-state index in [0.717, 1.165) is 12.8 Å². The number of hydrogen-bond acceptors (Lipinski definition) is 2. The predicted octanol–water partition coefficient (Wildman–Crippen LogP) is 2.43. The molecule has 0 aromatic heterocycles. The summed E-state index contributed by atoms with van der Waals surface area (Å²) in [4.78, 5) is 10.7. The molecule has 15 heavy (non-hydrogen) atoms. The molecule has 0 aromatic rings. The summed E-state index contributed by atoms with van der Waals surface area (Å²) in [6.07, 6.45) is 5.85. The van der Waals surface area contributed by atoms with E-state index in [-0.39, 0.29) is 24.2 Å². The van der Waals surface area contributed by atoms with Gasteiger partial charge in [-0.1, -0.05) is 19.8 Å². The van der Waals surface area contributed by atoms with Crippen molar-refractivity contribution in [2.75, 3.05) is 6.54 Å². The maximum absolute atomic E-state index is 10.7. The van der Waals surface area contributed by atoms with Crippen LogP contribution in [0.4, 0.5) is 0 Å². The molecule has 1 aliphatic rings. The van der Waals surface area contributed by atoms with Crippen LogP contribution in [0.1, 0.15) is 45.4 Å². The smallest absolute Gasteiger partial charge is 0.303 e. The topological polar surface area (TPSA) is 63.3 Å². The van der Waals surface area contributed by atoms with Gasteiger partial charge in [0.15, 0.2) is 0 Å². The van der Waals surface area contributed by atoms with Gasteiger partial charge >= 0.3 is 5.97 Å². The van der Waals surface area contributed by atoms with Crippen molar-refractivity contribution >= 4 is 18.4 Å². The van der Waals surface area contributed by atoms with E-state index in [1.165, 1.54) is 19.3 Å². The van der Waals surface area contributed by atoms with Crippen LogP contribution < -0.4 is 5.73 Å². The van der Waals surface area contributed by atoms with E-state index in [1.54, 1.807) is 0 Å². The summed E-state index contributed by atoms with van der Waals surface area (Å²) in [6.45, 7) is 2.71. The summed E-state index contributed by atoms with van der Waals surface area (Å²) in [5.74, 6) is 0.00972. The van der Waals surface area contributed by atoms with Crippen molar-refractivity contribution in [1.29, 1.82) is 0 Å². The molecule has 0 unspecified atom stereocenters. The Bertz CT molecular complexity index is 211. The zero-order valence-corrected chi connectivity index (χ0v) is 10.2. The molecule has 0 heterocycles. The molecular weight excluding hydrogens is 214 g/mol. The fourth-order valence-electron chi connectivity index (χ4n) is 2.72. The van der Waals surface area contributed by atoms with Gasteiger partial charge in [-0.05, 0) is 37.1 Å². The average Bonchev–Trinajstić information content (AvgIpc) is 2.49. The lowest BCUT2D eigenvalue weighted by atomic mass is 9.81. The van der Waals surface area contributed by atoms with Gasteiger partial charge in [0.1, 0.15) is 0 Å². The van der Waals surface area contributed by atoms with Crippen LogP contribution in [-0.4, -0.2) is 17.6 Å². The SMILES string of the molecule is CCC[C@@H]1CC[C@](CN)(CC(=O)O)C1.Cl. The van der Waals surface area contributed by atoms with Gasteiger partial charge in [0, 0.05) is 0 Å². The fraction of sp³-hybridized carbons (Fsp3) is 0.909. The lowest BCUT2D eigenvalue weighted by Crippen LogP contribution is -2.30. The molecule has 0 aromatic carbocycles. The summed E-state index contributed by atoms with van der Waals surface area (Å²) in [7, 11) is 0. The van der Waals surface area contributed by atoms with Crippen molar-refractivity contribution in [2.45, 2.75) is 45.4 Å². The van der Waals surface area contributed by atoms with Gasteiger partial charge in [-0.25, -0.2) is 0 Å². The second-order valence-corrected chi connectivity index (χ2v) is 4.67. The molecule has 1 aliphatic carbocycles. The van der Waals surface area contributed by atoms with Crippen molar-refractivity contribution < 1.29 is 9.90 Å². The first-order valence-corrected chi connectivity index (χ1v) is 5.54. The zero-order valence-electron chi connectivity index (χ0n) is 9.37. The molecule has 1 rings (SSSR count). The largest absolute Gasteiger partial charge is 0.481 e. The van der Waals surface area contributed by atoms with Crippen LogP contribution in [0.3, 0.4) is 0 Å². The summed E-state index contributed by atoms with van der Waals surface area (Å²) in [6, 6.07) is 0. The Morgan fingerprint density at radius 2 is 2.27 bits per heavy atom. The molecule has 0 spiro atoms. The Labute approximate surface area is 97.8 Å². The maximum Gasteiger partial charge on any atom is 0.303 e. The minimum absolute atomic E-state index is 0. The van der Waals surface area contributed by atoms with Gasteiger partial charge in [0.25, 0.3) is 0 Å². The standard InChI is InChI=1S/C11H21NO2.ClH/c1-2-3-9-4-5-11(6-9,8-12)7-10(13)14;/h9H,2-8,12H2,1H3,(H,13,14);1H/t9-,11-;/m1./s1. The summed E-state index contributed by atoms with van der Waals surface area (Å²) < 4.78 is 0. The molecule has 0 radical (unpaired) electrons. The third-order valence-electron chi connectivity index (χ3n) is 3.46. The van der Waals surface area contributed by atoms with Crippen molar-refractivity contribution in [1.82, 2.24) is 0 Å². The first-order valence-electron chi connectivity index (χ1n) is 5.54. The molecule has 3 nitrogen and oxygen atoms in total. The normalized spacial score (nSPS) is 29.9. The Morgan fingerprint density at radius 3 is 2.73 bits per heavy atom. The molecule has 3 N–H and O–H groups in total. The van der Waals surface area contributed by atoms with Crippen LogP contribution in [0.5, 0.6) is 0 Å². The summed E-state index contributed by atoms with van der Waals surface area (Å²) in [5.41, 5.74) is 5.62. The van der Waals surface area contributed by atoms with Gasteiger partial charge in [-0.15, -0.1) is 12.4 Å². The van der Waals surface area contributed by atoms with Gasteiger partial charge in [-0.3, -0.25) is 4.79 Å². The quantitative estimate of drug-likeness (QED) is 0.769. The van der Waals surface area contributed by atoms with Crippen molar-refractivity contribution in [2.24, 2.45) is 17.1 Å². The van der Waals surface area contributed by atoms with Gasteiger partial charge in [0.2, 0.25) is 0 Å². The number of hydrogen-bond donors (Lipinski definition) is 2. The lowest BCUT2D eigenvalue weighted by molar-refractivity contribution is -0.139. The number of carboxylic acid groups (broad SMARTS) is 1. The van der Waals surface area contributed by atoms with E-state index in [0.29, 0.717) is 12.5 Å². The molecule has 90 valence electrons. The van der Waals surface area contributed by atoms with Crippen LogP contribution >= 0.6 is 12.4 Å². The van der Waals surface area contributed by atoms with E-state index in [4.69, 9.17) is 10.8 Å². The first-order chi connectivity index (χ1) is 6.62. The van der Waals surface area contributed by atoms with E-state index < -0.39 is 5.97 Å². The minimum Gasteiger partial charge on any atom is -0.481 e. The highest BCUT2D eigenvalue weighted by Crippen LogP contribution is 2.45. The van der Waals surface area contributed by atoms with Crippen LogP contribution in [0.25, 0.3) is 0 Å². The van der Waals surface area contributed by atoms with E-state index in [2.05, 4.69) is 6.92 Å². The Morgan fingerprint density at radius 1 is 1.60 bits per heavy atom. The fourth-order valence-corrected chi connectivity index (χ4v) is 2.72. The van der Waals surface area contributed by atoms with Crippen LogP contribution in [0, 0.1) is 11.3 Å². The molecule has 2 atom stereocenters. The van der Waals surface area contributed by atoms with Crippen molar-refractivity contribution in [3.63, 3.8) is 0 Å². The Kier molecular flexibility index (Phi) is 6.22. The first kappa shape index (κ1) is 14.7. The van der Waals surface area contributed by atoms with Gasteiger partial charge < -0.3 is 10.8 Å². The second-order valence-electron chi connectivity index (χ2n) is 4.67. The highest BCUT2D eigenvalue weighted by Gasteiger charge is 2.39. The minimum atomic E-state index is -0.701. The van der Waals surface area contributed by atoms with Gasteiger partial charge in [0.05, 0.1) is 6.42 Å². The Hall–Kier alpha value is -0.280. The Balaban J connectivity index is 0.00000196. The van der Waals surface area contributed by atoms with Crippen molar-refractivity contribution in [3.8, 4) is 0 Å². The third-order valence-corrected chi connectivity index (χ3v) is 3.46. The van der Waals surface area contributed by atoms with Crippen LogP contribution in [0.2, 0.25) is 0 Å². The second kappa shape index (κ2) is 6.33. The third kappa shape index (κ3) is 3.99. The molecule has 0 amide bonds. The number of halogens is 1. The van der Waals surface area contributed by atoms with Crippen LogP contribution in [-0.2, 0) is 4.79 Å². The number of carboxylic acids is 1. The monoisotopic (exact) mass is 235 g/mol. The molecule has 1 saturated carbocycles. The number of nitrogens with two attached hydrogens (primary N) is 1. The number of aliphatic carboxylic acids is 1. The summed E-state index contributed by atoms with van der Waals surface area (Å²) in [5, 5.41) is 8.83.